The molecular formula is C12H14BrNO. The van der Waals surface area contributed by atoms with Crippen LogP contribution in [0.2, 0.25) is 0 Å². The van der Waals surface area contributed by atoms with Crippen LogP contribution in [0.25, 0.3) is 0 Å². The molecule has 0 bridgehead atoms. The molecule has 0 saturated carbocycles. The van der Waals surface area contributed by atoms with Gasteiger partial charge in [0.2, 0.25) is 0 Å². The fourth-order valence-corrected chi connectivity index (χ4v) is 1.40. The summed E-state index contributed by atoms with van der Waals surface area (Å²) in [4.78, 5) is 11.4. The highest BCUT2D eigenvalue weighted by molar-refractivity contribution is 9.12. The van der Waals surface area contributed by atoms with E-state index < -0.39 is 0 Å². The Labute approximate surface area is 98.5 Å². The number of hydrogen-bond donors (Lipinski definition) is 1. The van der Waals surface area contributed by atoms with Gasteiger partial charge in [0, 0.05) is 5.69 Å². The third-order valence-electron chi connectivity index (χ3n) is 2.08. The van der Waals surface area contributed by atoms with E-state index in [1.54, 1.807) is 0 Å². The summed E-state index contributed by atoms with van der Waals surface area (Å²) in [7, 11) is 0. The minimum absolute atomic E-state index is 0.205. The Balaban J connectivity index is 2.94. The summed E-state index contributed by atoms with van der Waals surface area (Å²) in [5, 5.41) is 2.81. The Bertz CT molecular complexity index is 385. The average molecular weight is 268 g/mol. The van der Waals surface area contributed by atoms with E-state index in [0.717, 1.165) is 11.3 Å². The fourth-order valence-electron chi connectivity index (χ4n) is 1.30. The second-order valence-electron chi connectivity index (χ2n) is 3.60. The summed E-state index contributed by atoms with van der Waals surface area (Å²) in [6, 6.07) is 7.77. The standard InChI is InChI=1S/C12H14BrNO/c1-8(2)10-6-4-5-7-11(10)14-12(15)9(3)13/h4-8H,3H2,1-2H3,(H,14,15). The molecule has 0 aromatic heterocycles. The summed E-state index contributed by atoms with van der Waals surface area (Å²) < 4.78 is 0.334. The summed E-state index contributed by atoms with van der Waals surface area (Å²) in [5.74, 6) is 0.174. The van der Waals surface area contributed by atoms with E-state index in [-0.39, 0.29) is 5.91 Å². The van der Waals surface area contributed by atoms with Gasteiger partial charge in [-0.1, -0.05) is 38.6 Å². The molecule has 0 atom stereocenters. The summed E-state index contributed by atoms with van der Waals surface area (Å²) in [5.41, 5.74) is 1.97. The molecule has 1 N–H and O–H groups in total. The molecule has 0 heterocycles. The van der Waals surface area contributed by atoms with Gasteiger partial charge in [-0.25, -0.2) is 0 Å². The molecule has 1 amide bonds. The predicted molar refractivity (Wildman–Crippen MR) is 67.2 cm³/mol. The van der Waals surface area contributed by atoms with Crippen LogP contribution in [0.15, 0.2) is 35.3 Å². The van der Waals surface area contributed by atoms with Crippen LogP contribution < -0.4 is 5.32 Å². The lowest BCUT2D eigenvalue weighted by molar-refractivity contribution is -0.112. The number of carbonyl (C=O) groups excluding carboxylic acids is 1. The number of nitrogens with one attached hydrogen (secondary N) is 1. The maximum Gasteiger partial charge on any atom is 0.262 e. The van der Waals surface area contributed by atoms with Crippen molar-refractivity contribution >= 4 is 27.5 Å². The van der Waals surface area contributed by atoms with E-state index in [1.165, 1.54) is 0 Å². The maximum atomic E-state index is 11.4. The molecule has 0 saturated heterocycles. The summed E-state index contributed by atoms with van der Waals surface area (Å²) in [6.07, 6.45) is 0. The van der Waals surface area contributed by atoms with Crippen molar-refractivity contribution in [3.8, 4) is 0 Å². The van der Waals surface area contributed by atoms with Crippen molar-refractivity contribution in [2.24, 2.45) is 0 Å². The first-order valence-electron chi connectivity index (χ1n) is 4.77. The van der Waals surface area contributed by atoms with Gasteiger partial charge >= 0.3 is 0 Å². The Hall–Kier alpha value is -1.09. The summed E-state index contributed by atoms with van der Waals surface area (Å²) in [6.45, 7) is 7.71. The number of hydrogen-bond acceptors (Lipinski definition) is 1. The van der Waals surface area contributed by atoms with Crippen LogP contribution in [0.1, 0.15) is 25.3 Å². The highest BCUT2D eigenvalue weighted by atomic mass is 79.9. The van der Waals surface area contributed by atoms with Crippen molar-refractivity contribution in [3.05, 3.63) is 40.9 Å². The molecule has 0 aliphatic rings. The largest absolute Gasteiger partial charge is 0.321 e. The van der Waals surface area contributed by atoms with Gasteiger partial charge in [-0.3, -0.25) is 4.79 Å². The molecule has 0 spiro atoms. The van der Waals surface area contributed by atoms with Gasteiger partial charge in [0.15, 0.2) is 0 Å². The predicted octanol–water partition coefficient (Wildman–Crippen LogP) is 3.66. The first kappa shape index (κ1) is 12.0. The molecular weight excluding hydrogens is 254 g/mol. The third-order valence-corrected chi connectivity index (χ3v) is 2.44. The third kappa shape index (κ3) is 3.20. The van der Waals surface area contributed by atoms with Crippen LogP contribution >= 0.6 is 15.9 Å². The molecule has 1 aromatic carbocycles. The van der Waals surface area contributed by atoms with Gasteiger partial charge < -0.3 is 5.32 Å². The monoisotopic (exact) mass is 267 g/mol. The molecule has 2 nitrogen and oxygen atoms in total. The number of carbonyl (C=O) groups is 1. The van der Waals surface area contributed by atoms with Crippen LogP contribution in [0.3, 0.4) is 0 Å². The molecule has 0 aliphatic heterocycles. The SMILES string of the molecule is C=C(Br)C(=O)Nc1ccccc1C(C)C. The molecule has 0 fully saturated rings. The fraction of sp³-hybridized carbons (Fsp3) is 0.250. The Morgan fingerprint density at radius 1 is 1.40 bits per heavy atom. The number of amides is 1. The molecule has 15 heavy (non-hydrogen) atoms. The van der Waals surface area contributed by atoms with E-state index >= 15 is 0 Å². The Morgan fingerprint density at radius 2 is 2.00 bits per heavy atom. The molecule has 0 aliphatic carbocycles. The molecule has 1 rings (SSSR count). The maximum absolute atomic E-state index is 11.4. The zero-order valence-electron chi connectivity index (χ0n) is 8.88. The first-order valence-corrected chi connectivity index (χ1v) is 5.56. The van der Waals surface area contributed by atoms with Crippen molar-refractivity contribution in [1.82, 2.24) is 0 Å². The van der Waals surface area contributed by atoms with Crippen molar-refractivity contribution in [2.45, 2.75) is 19.8 Å². The normalized spacial score (nSPS) is 10.1. The number of halogens is 1. The number of benzene rings is 1. The molecule has 3 heteroatoms. The van der Waals surface area contributed by atoms with Crippen molar-refractivity contribution in [1.29, 1.82) is 0 Å². The van der Waals surface area contributed by atoms with E-state index in [0.29, 0.717) is 10.4 Å². The number of rotatable bonds is 3. The van der Waals surface area contributed by atoms with Crippen molar-refractivity contribution < 1.29 is 4.79 Å². The topological polar surface area (TPSA) is 29.1 Å². The Kier molecular flexibility index (Phi) is 4.09. The van der Waals surface area contributed by atoms with E-state index in [4.69, 9.17) is 0 Å². The zero-order valence-corrected chi connectivity index (χ0v) is 10.5. The highest BCUT2D eigenvalue weighted by Gasteiger charge is 2.09. The minimum atomic E-state index is -0.205. The van der Waals surface area contributed by atoms with Crippen LogP contribution in [0.4, 0.5) is 5.69 Å². The van der Waals surface area contributed by atoms with Crippen molar-refractivity contribution in [2.75, 3.05) is 5.32 Å². The number of para-hydroxylation sites is 1. The van der Waals surface area contributed by atoms with Crippen LogP contribution in [0, 0.1) is 0 Å². The zero-order chi connectivity index (χ0) is 11.4. The second-order valence-corrected chi connectivity index (χ2v) is 4.56. The lowest BCUT2D eigenvalue weighted by atomic mass is 10.0. The number of anilines is 1. The minimum Gasteiger partial charge on any atom is -0.321 e. The second kappa shape index (κ2) is 5.12. The summed E-state index contributed by atoms with van der Waals surface area (Å²) >= 11 is 3.05. The van der Waals surface area contributed by atoms with E-state index in [2.05, 4.69) is 41.7 Å². The van der Waals surface area contributed by atoms with Crippen LogP contribution in [0.5, 0.6) is 0 Å². The van der Waals surface area contributed by atoms with Gasteiger partial charge in [-0.05, 0) is 33.5 Å². The Morgan fingerprint density at radius 3 is 2.53 bits per heavy atom. The molecule has 0 radical (unpaired) electrons. The smallest absolute Gasteiger partial charge is 0.262 e. The van der Waals surface area contributed by atoms with Gasteiger partial charge in [0.05, 0.1) is 4.48 Å². The van der Waals surface area contributed by atoms with Crippen LogP contribution in [-0.4, -0.2) is 5.91 Å². The van der Waals surface area contributed by atoms with Gasteiger partial charge in [-0.15, -0.1) is 0 Å². The van der Waals surface area contributed by atoms with E-state index in [9.17, 15) is 4.79 Å². The highest BCUT2D eigenvalue weighted by Crippen LogP contribution is 2.24. The van der Waals surface area contributed by atoms with Crippen LogP contribution in [-0.2, 0) is 4.79 Å². The van der Waals surface area contributed by atoms with Crippen molar-refractivity contribution in [3.63, 3.8) is 0 Å². The lowest BCUT2D eigenvalue weighted by Gasteiger charge is -2.12. The molecule has 0 unspecified atom stereocenters. The van der Waals surface area contributed by atoms with Gasteiger partial charge in [-0.2, -0.15) is 0 Å². The van der Waals surface area contributed by atoms with Gasteiger partial charge in [0.25, 0.3) is 5.91 Å². The lowest BCUT2D eigenvalue weighted by Crippen LogP contribution is -2.12. The van der Waals surface area contributed by atoms with Gasteiger partial charge in [0.1, 0.15) is 0 Å². The molecule has 80 valence electrons. The first-order chi connectivity index (χ1) is 7.02. The quantitative estimate of drug-likeness (QED) is 0.833. The molecule has 1 aromatic rings. The average Bonchev–Trinajstić information content (AvgIpc) is 2.18. The van der Waals surface area contributed by atoms with E-state index in [1.807, 2.05) is 24.3 Å².